The van der Waals surface area contributed by atoms with Crippen molar-refractivity contribution in [3.63, 3.8) is 0 Å². The molecule has 1 saturated heterocycles. The molecule has 0 N–H and O–H groups in total. The molecule has 1 aliphatic heterocycles. The maximum absolute atomic E-state index is 11.9. The van der Waals surface area contributed by atoms with E-state index in [4.69, 9.17) is 16.4 Å². The second kappa shape index (κ2) is 9.37. The Morgan fingerprint density at radius 1 is 0.933 bits per heavy atom. The third kappa shape index (κ3) is 5.43. The SMILES string of the molecule is CC1(C)CON(Cc2ccccc2Cl)C1=O.C[n+]1ccc(-c2cc[n+](C)cc2)cc1. The van der Waals surface area contributed by atoms with Gasteiger partial charge in [0, 0.05) is 29.3 Å². The molecule has 0 aliphatic carbocycles. The number of benzene rings is 1. The summed E-state index contributed by atoms with van der Waals surface area (Å²) in [5.41, 5.74) is 2.98. The Morgan fingerprint density at radius 2 is 1.43 bits per heavy atom. The number of nitrogens with zero attached hydrogens (tertiary/aromatic N) is 3. The van der Waals surface area contributed by atoms with Crippen molar-refractivity contribution in [2.75, 3.05) is 6.61 Å². The van der Waals surface area contributed by atoms with Gasteiger partial charge in [-0.1, -0.05) is 29.8 Å². The molecular weight excluding hydrogens is 398 g/mol. The average Bonchev–Trinajstić information content (AvgIpc) is 2.98. The number of aromatic nitrogens is 2. The van der Waals surface area contributed by atoms with Crippen LogP contribution in [0, 0.1) is 5.41 Å². The minimum Gasteiger partial charge on any atom is -0.272 e. The van der Waals surface area contributed by atoms with E-state index in [0.717, 1.165) is 5.56 Å². The molecule has 1 aromatic carbocycles. The highest BCUT2D eigenvalue weighted by Crippen LogP contribution is 2.29. The second-order valence-electron chi connectivity index (χ2n) is 8.10. The fourth-order valence-corrected chi connectivity index (χ4v) is 3.18. The van der Waals surface area contributed by atoms with E-state index >= 15 is 0 Å². The van der Waals surface area contributed by atoms with Gasteiger partial charge in [-0.05, 0) is 36.6 Å². The molecule has 0 radical (unpaired) electrons. The molecule has 30 heavy (non-hydrogen) atoms. The zero-order chi connectivity index (χ0) is 21.7. The van der Waals surface area contributed by atoms with Crippen LogP contribution in [-0.4, -0.2) is 17.6 Å². The van der Waals surface area contributed by atoms with Gasteiger partial charge in [0.15, 0.2) is 24.8 Å². The molecule has 0 bridgehead atoms. The van der Waals surface area contributed by atoms with Crippen LogP contribution in [0.2, 0.25) is 5.02 Å². The minimum atomic E-state index is -0.429. The van der Waals surface area contributed by atoms with Gasteiger partial charge >= 0.3 is 0 Å². The third-order valence-corrected chi connectivity index (χ3v) is 5.32. The molecule has 0 unspecified atom stereocenters. The van der Waals surface area contributed by atoms with Crippen molar-refractivity contribution < 1.29 is 18.8 Å². The monoisotopic (exact) mass is 425 g/mol. The molecule has 2 aromatic heterocycles. The van der Waals surface area contributed by atoms with Crippen molar-refractivity contribution in [2.24, 2.45) is 19.5 Å². The number of hydroxylamine groups is 2. The van der Waals surface area contributed by atoms with Crippen molar-refractivity contribution in [3.8, 4) is 11.1 Å². The fourth-order valence-electron chi connectivity index (χ4n) is 2.98. The first-order chi connectivity index (χ1) is 14.3. The van der Waals surface area contributed by atoms with Gasteiger partial charge in [-0.25, -0.2) is 14.2 Å². The minimum absolute atomic E-state index is 0.00687. The summed E-state index contributed by atoms with van der Waals surface area (Å²) in [5.74, 6) is 0.00687. The molecular formula is C24H28ClN3O2+2. The average molecular weight is 426 g/mol. The molecule has 3 heterocycles. The van der Waals surface area contributed by atoms with Gasteiger partial charge in [0.25, 0.3) is 5.91 Å². The number of hydrogen-bond acceptors (Lipinski definition) is 2. The lowest BCUT2D eigenvalue weighted by molar-refractivity contribution is -0.671. The van der Waals surface area contributed by atoms with Gasteiger partial charge in [0.05, 0.1) is 18.6 Å². The smallest absolute Gasteiger partial charge is 0.254 e. The first kappa shape index (κ1) is 21.9. The number of rotatable bonds is 3. The number of pyridine rings is 2. The molecule has 5 nitrogen and oxygen atoms in total. The van der Waals surface area contributed by atoms with Crippen LogP contribution >= 0.6 is 11.6 Å². The van der Waals surface area contributed by atoms with E-state index in [0.29, 0.717) is 18.2 Å². The van der Waals surface area contributed by atoms with Crippen molar-refractivity contribution in [1.29, 1.82) is 0 Å². The largest absolute Gasteiger partial charge is 0.272 e. The molecule has 6 heteroatoms. The lowest BCUT2D eigenvalue weighted by Gasteiger charge is -2.16. The zero-order valence-electron chi connectivity index (χ0n) is 17.9. The second-order valence-corrected chi connectivity index (χ2v) is 8.50. The fraction of sp³-hybridized carbons (Fsp3) is 0.292. The van der Waals surface area contributed by atoms with Crippen LogP contribution in [-0.2, 0) is 30.3 Å². The van der Waals surface area contributed by atoms with Crippen LogP contribution in [0.25, 0.3) is 11.1 Å². The quantitative estimate of drug-likeness (QED) is 0.601. The maximum atomic E-state index is 11.9. The molecule has 3 aromatic rings. The molecule has 4 rings (SSSR count). The van der Waals surface area contributed by atoms with Crippen LogP contribution in [0.1, 0.15) is 19.4 Å². The molecule has 1 amide bonds. The van der Waals surface area contributed by atoms with Crippen molar-refractivity contribution in [3.05, 3.63) is 83.9 Å². The van der Waals surface area contributed by atoms with E-state index in [1.165, 1.54) is 16.2 Å². The highest BCUT2D eigenvalue weighted by molar-refractivity contribution is 6.31. The third-order valence-electron chi connectivity index (χ3n) is 4.95. The Labute approximate surface area is 183 Å². The topological polar surface area (TPSA) is 37.3 Å². The lowest BCUT2D eigenvalue weighted by Crippen LogP contribution is -2.30. The summed E-state index contributed by atoms with van der Waals surface area (Å²) in [5, 5.41) is 2.05. The van der Waals surface area contributed by atoms with Gasteiger partial charge in [0.2, 0.25) is 0 Å². The van der Waals surface area contributed by atoms with Crippen molar-refractivity contribution >= 4 is 17.5 Å². The lowest BCUT2D eigenvalue weighted by atomic mass is 9.95. The number of hydrogen-bond donors (Lipinski definition) is 0. The van der Waals surface area contributed by atoms with Gasteiger partial charge in [-0.2, -0.15) is 0 Å². The summed E-state index contributed by atoms with van der Waals surface area (Å²) in [6.45, 7) is 4.59. The normalized spacial score (nSPS) is 15.0. The van der Waals surface area contributed by atoms with Gasteiger partial charge in [-0.15, -0.1) is 0 Å². The molecule has 156 valence electrons. The van der Waals surface area contributed by atoms with Crippen LogP contribution < -0.4 is 9.13 Å². The predicted octanol–water partition coefficient (Wildman–Crippen LogP) is 3.64. The first-order valence-electron chi connectivity index (χ1n) is 9.85. The highest BCUT2D eigenvalue weighted by Gasteiger charge is 2.40. The maximum Gasteiger partial charge on any atom is 0.254 e. The molecule has 0 saturated carbocycles. The summed E-state index contributed by atoms with van der Waals surface area (Å²) in [4.78, 5) is 17.3. The van der Waals surface area contributed by atoms with E-state index < -0.39 is 5.41 Å². The summed E-state index contributed by atoms with van der Waals surface area (Å²) in [6, 6.07) is 15.9. The van der Waals surface area contributed by atoms with Crippen LogP contribution in [0.15, 0.2) is 73.3 Å². The Morgan fingerprint density at radius 3 is 1.87 bits per heavy atom. The van der Waals surface area contributed by atoms with Gasteiger partial charge in [0.1, 0.15) is 14.1 Å². The zero-order valence-corrected chi connectivity index (χ0v) is 18.6. The van der Waals surface area contributed by atoms with E-state index in [-0.39, 0.29) is 5.91 Å². The van der Waals surface area contributed by atoms with Crippen LogP contribution in [0.3, 0.4) is 0 Å². The Bertz CT molecular complexity index is 958. The highest BCUT2D eigenvalue weighted by atomic mass is 35.5. The molecule has 0 spiro atoms. The molecule has 1 aliphatic rings. The number of amides is 1. The van der Waals surface area contributed by atoms with Crippen LogP contribution in [0.4, 0.5) is 0 Å². The molecule has 0 atom stereocenters. The molecule has 1 fully saturated rings. The first-order valence-corrected chi connectivity index (χ1v) is 10.2. The van der Waals surface area contributed by atoms with E-state index in [1.54, 1.807) is 0 Å². The van der Waals surface area contributed by atoms with Crippen LogP contribution in [0.5, 0.6) is 0 Å². The van der Waals surface area contributed by atoms with Gasteiger partial charge in [-0.3, -0.25) is 9.63 Å². The van der Waals surface area contributed by atoms with E-state index in [2.05, 4.69) is 49.1 Å². The number of carbonyl (C=O) groups is 1. The summed E-state index contributed by atoms with van der Waals surface area (Å²) < 4.78 is 4.07. The standard InChI is InChI=1S/C12H14ClNO2.C12H14N2/c1-12(2)8-16-14(11(12)15)7-9-5-3-4-6-10(9)13;1-13-7-3-11(4-8-13)12-5-9-14(2)10-6-12/h3-6H,7-8H2,1-2H3;3-10H,1-2H3/q;+2. The van der Waals surface area contributed by atoms with Gasteiger partial charge < -0.3 is 0 Å². The van der Waals surface area contributed by atoms with Crippen molar-refractivity contribution in [1.82, 2.24) is 5.06 Å². The number of aryl methyl sites for hydroxylation is 2. The predicted molar refractivity (Wildman–Crippen MR) is 116 cm³/mol. The van der Waals surface area contributed by atoms with Crippen molar-refractivity contribution in [2.45, 2.75) is 20.4 Å². The number of halogens is 1. The van der Waals surface area contributed by atoms with E-state index in [9.17, 15) is 4.79 Å². The number of carbonyl (C=O) groups excluding carboxylic acids is 1. The summed E-state index contributed by atoms with van der Waals surface area (Å²) >= 11 is 6.03. The Balaban J connectivity index is 0.000000172. The van der Waals surface area contributed by atoms with E-state index in [1.807, 2.05) is 61.3 Å². The Hall–Kier alpha value is -2.76. The summed E-state index contributed by atoms with van der Waals surface area (Å²) in [6.07, 6.45) is 8.23. The Kier molecular flexibility index (Phi) is 6.85. The summed E-state index contributed by atoms with van der Waals surface area (Å²) in [7, 11) is 4.05.